The molecule has 1 atom stereocenters. The number of hydrogen-bond acceptors (Lipinski definition) is 4. The topological polar surface area (TPSA) is 78.4 Å². The fraction of sp³-hybridized carbons (Fsp3) is 0.455. The number of nitrogens with two attached hydrogens (primary N) is 1. The Morgan fingerprint density at radius 3 is 2.75 bits per heavy atom. The van der Waals surface area contributed by atoms with Gasteiger partial charge in [-0.2, -0.15) is 0 Å². The van der Waals surface area contributed by atoms with Crippen molar-refractivity contribution in [2.75, 3.05) is 7.11 Å². The van der Waals surface area contributed by atoms with Crippen LogP contribution in [0, 0.1) is 10.1 Å². The van der Waals surface area contributed by atoms with Crippen molar-refractivity contribution in [3.63, 3.8) is 0 Å². The molecule has 88 valence electrons. The van der Waals surface area contributed by atoms with Crippen LogP contribution >= 0.6 is 0 Å². The van der Waals surface area contributed by atoms with Gasteiger partial charge in [-0.1, -0.05) is 12.1 Å². The summed E-state index contributed by atoms with van der Waals surface area (Å²) in [5.41, 5.74) is 6.35. The summed E-state index contributed by atoms with van der Waals surface area (Å²) in [6, 6.07) is 5.12. The first-order valence-electron chi connectivity index (χ1n) is 5.12. The van der Waals surface area contributed by atoms with E-state index in [1.54, 1.807) is 18.2 Å². The number of rotatable bonds is 5. The number of ether oxygens (including phenoxy) is 1. The third kappa shape index (κ3) is 2.93. The Labute approximate surface area is 94.4 Å². The standard InChI is InChI=1S/C11H16N2O3/c1-8(12)6-7-9-4-3-5-10(16-2)11(9)13(14)15/h3-5,8H,6-7,12H2,1-2H3/t8-/m1/s1. The Kier molecular flexibility index (Phi) is 4.25. The highest BCUT2D eigenvalue weighted by Crippen LogP contribution is 2.31. The third-order valence-corrected chi connectivity index (χ3v) is 2.35. The van der Waals surface area contributed by atoms with E-state index in [1.165, 1.54) is 7.11 Å². The largest absolute Gasteiger partial charge is 0.490 e. The van der Waals surface area contributed by atoms with E-state index in [4.69, 9.17) is 10.5 Å². The normalized spacial score (nSPS) is 12.2. The van der Waals surface area contributed by atoms with E-state index >= 15 is 0 Å². The van der Waals surface area contributed by atoms with Crippen molar-refractivity contribution in [2.24, 2.45) is 5.73 Å². The molecule has 0 saturated heterocycles. The zero-order valence-corrected chi connectivity index (χ0v) is 9.47. The number of hydrogen-bond donors (Lipinski definition) is 1. The molecule has 0 aromatic heterocycles. The van der Waals surface area contributed by atoms with Gasteiger partial charge in [-0.15, -0.1) is 0 Å². The molecule has 0 heterocycles. The zero-order chi connectivity index (χ0) is 12.1. The Morgan fingerprint density at radius 1 is 1.56 bits per heavy atom. The molecule has 0 amide bonds. The Balaban J connectivity index is 3.02. The van der Waals surface area contributed by atoms with Crippen LogP contribution in [0.1, 0.15) is 18.9 Å². The molecule has 0 aliphatic heterocycles. The molecule has 16 heavy (non-hydrogen) atoms. The fourth-order valence-electron chi connectivity index (χ4n) is 1.52. The first-order valence-corrected chi connectivity index (χ1v) is 5.12. The molecule has 0 bridgehead atoms. The molecule has 0 spiro atoms. The average molecular weight is 224 g/mol. The lowest BCUT2D eigenvalue weighted by molar-refractivity contribution is -0.386. The van der Waals surface area contributed by atoms with Crippen LogP contribution in [-0.4, -0.2) is 18.1 Å². The summed E-state index contributed by atoms with van der Waals surface area (Å²) in [5, 5.41) is 10.9. The van der Waals surface area contributed by atoms with E-state index in [9.17, 15) is 10.1 Å². The van der Waals surface area contributed by atoms with Gasteiger partial charge >= 0.3 is 5.69 Å². The van der Waals surface area contributed by atoms with Gasteiger partial charge in [0, 0.05) is 11.6 Å². The predicted molar refractivity (Wildman–Crippen MR) is 61.6 cm³/mol. The van der Waals surface area contributed by atoms with Crippen LogP contribution in [0.25, 0.3) is 0 Å². The van der Waals surface area contributed by atoms with Gasteiger partial charge in [-0.25, -0.2) is 0 Å². The van der Waals surface area contributed by atoms with E-state index < -0.39 is 4.92 Å². The number of nitro groups is 1. The molecule has 1 aromatic rings. The second-order valence-electron chi connectivity index (χ2n) is 3.74. The fourth-order valence-corrected chi connectivity index (χ4v) is 1.52. The number of nitrogens with zero attached hydrogens (tertiary/aromatic N) is 1. The SMILES string of the molecule is COc1cccc(CC[C@@H](C)N)c1[N+](=O)[O-]. The lowest BCUT2D eigenvalue weighted by atomic mass is 10.0. The van der Waals surface area contributed by atoms with Crippen molar-refractivity contribution in [3.05, 3.63) is 33.9 Å². The highest BCUT2D eigenvalue weighted by molar-refractivity contribution is 5.52. The van der Waals surface area contributed by atoms with Gasteiger partial charge in [0.1, 0.15) is 0 Å². The molecule has 0 radical (unpaired) electrons. The molecular formula is C11H16N2O3. The maximum absolute atomic E-state index is 10.9. The van der Waals surface area contributed by atoms with Gasteiger partial charge in [0.05, 0.1) is 12.0 Å². The molecule has 0 unspecified atom stereocenters. The summed E-state index contributed by atoms with van der Waals surface area (Å²) >= 11 is 0. The minimum atomic E-state index is -0.407. The van der Waals surface area contributed by atoms with E-state index in [1.807, 2.05) is 6.92 Å². The van der Waals surface area contributed by atoms with Gasteiger partial charge in [0.2, 0.25) is 0 Å². The molecule has 1 aromatic carbocycles. The van der Waals surface area contributed by atoms with E-state index in [-0.39, 0.29) is 11.7 Å². The van der Waals surface area contributed by atoms with Crippen molar-refractivity contribution < 1.29 is 9.66 Å². The van der Waals surface area contributed by atoms with Gasteiger partial charge in [0.15, 0.2) is 5.75 Å². The van der Waals surface area contributed by atoms with Crippen LogP contribution < -0.4 is 10.5 Å². The van der Waals surface area contributed by atoms with Crippen LogP contribution in [-0.2, 0) is 6.42 Å². The van der Waals surface area contributed by atoms with Crippen LogP contribution in [0.15, 0.2) is 18.2 Å². The summed E-state index contributed by atoms with van der Waals surface area (Å²) < 4.78 is 4.98. The van der Waals surface area contributed by atoms with Crippen LogP contribution in [0.5, 0.6) is 5.75 Å². The molecule has 0 aliphatic rings. The quantitative estimate of drug-likeness (QED) is 0.611. The summed E-state index contributed by atoms with van der Waals surface area (Å²) in [6.07, 6.45) is 1.30. The lowest BCUT2D eigenvalue weighted by Gasteiger charge is -2.08. The monoisotopic (exact) mass is 224 g/mol. The predicted octanol–water partition coefficient (Wildman–Crippen LogP) is 1.88. The van der Waals surface area contributed by atoms with Gasteiger partial charge in [-0.05, 0) is 25.8 Å². The summed E-state index contributed by atoms with van der Waals surface area (Å²) in [4.78, 5) is 10.5. The summed E-state index contributed by atoms with van der Waals surface area (Å²) in [6.45, 7) is 1.88. The third-order valence-electron chi connectivity index (χ3n) is 2.35. The van der Waals surface area contributed by atoms with Crippen molar-refractivity contribution in [3.8, 4) is 5.75 Å². The second kappa shape index (κ2) is 5.46. The smallest absolute Gasteiger partial charge is 0.314 e. The minimum Gasteiger partial charge on any atom is -0.490 e. The molecule has 5 nitrogen and oxygen atoms in total. The van der Waals surface area contributed by atoms with Crippen molar-refractivity contribution in [1.82, 2.24) is 0 Å². The number of para-hydroxylation sites is 1. The van der Waals surface area contributed by atoms with Crippen LogP contribution in [0.2, 0.25) is 0 Å². The summed E-state index contributed by atoms with van der Waals surface area (Å²) in [7, 11) is 1.43. The van der Waals surface area contributed by atoms with Crippen molar-refractivity contribution in [1.29, 1.82) is 0 Å². The van der Waals surface area contributed by atoms with E-state index in [0.717, 1.165) is 0 Å². The minimum absolute atomic E-state index is 0.0332. The zero-order valence-electron chi connectivity index (χ0n) is 9.47. The number of aryl methyl sites for hydroxylation is 1. The lowest BCUT2D eigenvalue weighted by Crippen LogP contribution is -2.15. The van der Waals surface area contributed by atoms with Gasteiger partial charge in [-0.3, -0.25) is 10.1 Å². The molecule has 5 heteroatoms. The van der Waals surface area contributed by atoms with Gasteiger partial charge < -0.3 is 10.5 Å². The van der Waals surface area contributed by atoms with Crippen LogP contribution in [0.4, 0.5) is 5.69 Å². The Morgan fingerprint density at radius 2 is 2.25 bits per heavy atom. The van der Waals surface area contributed by atoms with Crippen LogP contribution in [0.3, 0.4) is 0 Å². The highest BCUT2D eigenvalue weighted by Gasteiger charge is 2.19. The molecular weight excluding hydrogens is 208 g/mol. The van der Waals surface area contributed by atoms with Crippen molar-refractivity contribution in [2.45, 2.75) is 25.8 Å². The molecule has 2 N–H and O–H groups in total. The Bertz CT molecular complexity index is 377. The number of benzene rings is 1. The van der Waals surface area contributed by atoms with Crippen molar-refractivity contribution >= 4 is 5.69 Å². The maximum atomic E-state index is 10.9. The average Bonchev–Trinajstić information content (AvgIpc) is 2.25. The maximum Gasteiger partial charge on any atom is 0.314 e. The van der Waals surface area contributed by atoms with E-state index in [0.29, 0.717) is 24.2 Å². The highest BCUT2D eigenvalue weighted by atomic mass is 16.6. The van der Waals surface area contributed by atoms with Gasteiger partial charge in [0.25, 0.3) is 0 Å². The summed E-state index contributed by atoms with van der Waals surface area (Å²) in [5.74, 6) is 0.298. The molecule has 0 fully saturated rings. The second-order valence-corrected chi connectivity index (χ2v) is 3.74. The number of nitro benzene ring substituents is 1. The first kappa shape index (κ1) is 12.4. The number of methoxy groups -OCH3 is 1. The molecule has 1 rings (SSSR count). The van der Waals surface area contributed by atoms with E-state index in [2.05, 4.69) is 0 Å². The first-order chi connectivity index (χ1) is 7.56. The Hall–Kier alpha value is -1.62. The molecule has 0 saturated carbocycles. The molecule has 0 aliphatic carbocycles.